The SMILES string of the molecule is Cc1ccc2nc(NC(=O)Cn3c(-c4ccncc4)nc4ccccc43)sc2c1. The maximum absolute atomic E-state index is 12.8. The molecule has 5 aromatic rings. The molecule has 0 fully saturated rings. The molecule has 5 rings (SSSR count). The highest BCUT2D eigenvalue weighted by Gasteiger charge is 2.16. The Labute approximate surface area is 170 Å². The maximum atomic E-state index is 12.8. The molecule has 6 nitrogen and oxygen atoms in total. The predicted molar refractivity (Wildman–Crippen MR) is 116 cm³/mol. The van der Waals surface area contributed by atoms with Crippen LogP contribution < -0.4 is 5.32 Å². The number of aryl methyl sites for hydroxylation is 1. The van der Waals surface area contributed by atoms with Crippen molar-refractivity contribution in [3.63, 3.8) is 0 Å². The van der Waals surface area contributed by atoms with Gasteiger partial charge in [0, 0.05) is 18.0 Å². The lowest BCUT2D eigenvalue weighted by Gasteiger charge is -2.09. The number of rotatable bonds is 4. The second-order valence-electron chi connectivity index (χ2n) is 6.78. The minimum atomic E-state index is -0.140. The fourth-order valence-electron chi connectivity index (χ4n) is 3.34. The van der Waals surface area contributed by atoms with Crippen molar-refractivity contribution >= 4 is 43.6 Å². The molecule has 0 bridgehead atoms. The maximum Gasteiger partial charge on any atom is 0.246 e. The zero-order chi connectivity index (χ0) is 19.8. The third-order valence-corrected chi connectivity index (χ3v) is 5.62. The lowest BCUT2D eigenvalue weighted by atomic mass is 10.2. The fraction of sp³-hybridized carbons (Fsp3) is 0.0909. The van der Waals surface area contributed by atoms with E-state index in [9.17, 15) is 4.79 Å². The van der Waals surface area contributed by atoms with Crippen LogP contribution in [0, 0.1) is 6.92 Å². The van der Waals surface area contributed by atoms with Gasteiger partial charge in [-0.3, -0.25) is 9.78 Å². The second kappa shape index (κ2) is 7.10. The van der Waals surface area contributed by atoms with E-state index in [1.54, 1.807) is 12.4 Å². The normalized spacial score (nSPS) is 11.2. The summed E-state index contributed by atoms with van der Waals surface area (Å²) in [5.41, 5.74) is 4.74. The number of aromatic nitrogens is 4. The topological polar surface area (TPSA) is 72.7 Å². The summed E-state index contributed by atoms with van der Waals surface area (Å²) in [6.07, 6.45) is 3.45. The van der Waals surface area contributed by atoms with E-state index in [1.807, 2.05) is 60.0 Å². The van der Waals surface area contributed by atoms with Crippen LogP contribution in [0.2, 0.25) is 0 Å². The van der Waals surface area contributed by atoms with Crippen molar-refractivity contribution in [1.82, 2.24) is 19.5 Å². The van der Waals surface area contributed by atoms with Crippen molar-refractivity contribution in [2.75, 3.05) is 5.32 Å². The number of thiazole rings is 1. The highest BCUT2D eigenvalue weighted by atomic mass is 32.1. The van der Waals surface area contributed by atoms with E-state index in [0.717, 1.165) is 32.6 Å². The van der Waals surface area contributed by atoms with Crippen LogP contribution in [0.3, 0.4) is 0 Å². The summed E-state index contributed by atoms with van der Waals surface area (Å²) in [5.74, 6) is 0.600. The molecule has 0 saturated heterocycles. The van der Waals surface area contributed by atoms with Gasteiger partial charge in [-0.05, 0) is 48.9 Å². The van der Waals surface area contributed by atoms with E-state index in [1.165, 1.54) is 16.9 Å². The average molecular weight is 399 g/mol. The molecule has 0 atom stereocenters. The summed E-state index contributed by atoms with van der Waals surface area (Å²) in [5, 5.41) is 3.54. The lowest BCUT2D eigenvalue weighted by Crippen LogP contribution is -2.19. The largest absolute Gasteiger partial charge is 0.314 e. The number of nitrogens with one attached hydrogen (secondary N) is 1. The molecule has 0 unspecified atom stereocenters. The Hall–Kier alpha value is -3.58. The molecular weight excluding hydrogens is 382 g/mol. The van der Waals surface area contributed by atoms with Crippen molar-refractivity contribution in [1.29, 1.82) is 0 Å². The second-order valence-corrected chi connectivity index (χ2v) is 7.82. The number of benzene rings is 2. The number of hydrogen-bond donors (Lipinski definition) is 1. The van der Waals surface area contributed by atoms with Gasteiger partial charge in [0.15, 0.2) is 5.13 Å². The fourth-order valence-corrected chi connectivity index (χ4v) is 4.32. The first-order valence-corrected chi connectivity index (χ1v) is 10.0. The molecule has 0 aliphatic heterocycles. The Balaban J connectivity index is 1.48. The van der Waals surface area contributed by atoms with Gasteiger partial charge in [0.1, 0.15) is 12.4 Å². The van der Waals surface area contributed by atoms with Crippen molar-refractivity contribution in [3.8, 4) is 11.4 Å². The van der Waals surface area contributed by atoms with Crippen LogP contribution in [0.15, 0.2) is 67.0 Å². The molecule has 2 aromatic carbocycles. The lowest BCUT2D eigenvalue weighted by molar-refractivity contribution is -0.116. The van der Waals surface area contributed by atoms with Crippen LogP contribution in [0.4, 0.5) is 5.13 Å². The van der Waals surface area contributed by atoms with Gasteiger partial charge >= 0.3 is 0 Å². The van der Waals surface area contributed by atoms with Gasteiger partial charge in [0.25, 0.3) is 0 Å². The zero-order valence-electron chi connectivity index (χ0n) is 15.7. The average Bonchev–Trinajstić information content (AvgIpc) is 3.29. The first-order chi connectivity index (χ1) is 14.2. The highest BCUT2D eigenvalue weighted by molar-refractivity contribution is 7.22. The van der Waals surface area contributed by atoms with E-state index in [-0.39, 0.29) is 12.5 Å². The first kappa shape index (κ1) is 17.5. The van der Waals surface area contributed by atoms with E-state index in [4.69, 9.17) is 4.98 Å². The molecule has 1 N–H and O–H groups in total. The molecule has 1 amide bonds. The molecule has 0 aliphatic carbocycles. The predicted octanol–water partition coefficient (Wildman–Crippen LogP) is 4.66. The number of imidazole rings is 1. The van der Waals surface area contributed by atoms with Crippen molar-refractivity contribution < 1.29 is 4.79 Å². The Morgan fingerprint density at radius 3 is 2.72 bits per heavy atom. The summed E-state index contributed by atoms with van der Waals surface area (Å²) >= 11 is 1.48. The molecule has 0 saturated carbocycles. The summed E-state index contributed by atoms with van der Waals surface area (Å²) in [4.78, 5) is 26.2. The number of para-hydroxylation sites is 2. The molecule has 142 valence electrons. The Kier molecular flexibility index (Phi) is 4.29. The molecule has 29 heavy (non-hydrogen) atoms. The molecule has 0 spiro atoms. The molecule has 7 heteroatoms. The standard InChI is InChI=1S/C22H17N5OS/c1-14-6-7-17-19(12-14)29-22(25-17)26-20(28)13-27-18-5-3-2-4-16(18)24-21(27)15-8-10-23-11-9-15/h2-12H,13H2,1H3,(H,25,26,28). The van der Waals surface area contributed by atoms with Crippen molar-refractivity contribution in [2.24, 2.45) is 0 Å². The molecule has 3 heterocycles. The van der Waals surface area contributed by atoms with Gasteiger partial charge in [-0.15, -0.1) is 0 Å². The molecular formula is C22H17N5OS. The molecule has 0 radical (unpaired) electrons. The number of anilines is 1. The van der Waals surface area contributed by atoms with Crippen molar-refractivity contribution in [2.45, 2.75) is 13.5 Å². The van der Waals surface area contributed by atoms with E-state index >= 15 is 0 Å². The number of fused-ring (bicyclic) bond motifs is 2. The van der Waals surface area contributed by atoms with Gasteiger partial charge < -0.3 is 9.88 Å². The summed E-state index contributed by atoms with van der Waals surface area (Å²) < 4.78 is 2.99. The van der Waals surface area contributed by atoms with Gasteiger partial charge in [-0.25, -0.2) is 9.97 Å². The third kappa shape index (κ3) is 3.36. The number of amides is 1. The highest BCUT2D eigenvalue weighted by Crippen LogP contribution is 2.28. The van der Waals surface area contributed by atoms with Gasteiger partial charge in [0.05, 0.1) is 21.3 Å². The summed E-state index contributed by atoms with van der Waals surface area (Å²) in [6, 6.07) is 17.7. The van der Waals surface area contributed by atoms with Crippen LogP contribution in [-0.4, -0.2) is 25.4 Å². The minimum Gasteiger partial charge on any atom is -0.314 e. The number of hydrogen-bond acceptors (Lipinski definition) is 5. The van der Waals surface area contributed by atoms with E-state index < -0.39 is 0 Å². The van der Waals surface area contributed by atoms with Gasteiger partial charge in [-0.2, -0.15) is 0 Å². The number of pyridine rings is 1. The first-order valence-electron chi connectivity index (χ1n) is 9.20. The van der Waals surface area contributed by atoms with Gasteiger partial charge in [0.2, 0.25) is 5.91 Å². The Bertz CT molecular complexity index is 1340. The van der Waals surface area contributed by atoms with Crippen LogP contribution in [-0.2, 0) is 11.3 Å². The third-order valence-electron chi connectivity index (χ3n) is 4.69. The Morgan fingerprint density at radius 1 is 1.03 bits per heavy atom. The van der Waals surface area contributed by atoms with E-state index in [0.29, 0.717) is 5.13 Å². The molecule has 0 aliphatic rings. The van der Waals surface area contributed by atoms with E-state index in [2.05, 4.69) is 21.4 Å². The number of carbonyl (C=O) groups is 1. The zero-order valence-corrected chi connectivity index (χ0v) is 16.5. The summed E-state index contributed by atoms with van der Waals surface area (Å²) in [7, 11) is 0. The quantitative estimate of drug-likeness (QED) is 0.477. The summed E-state index contributed by atoms with van der Waals surface area (Å²) in [6.45, 7) is 2.19. The number of nitrogens with zero attached hydrogens (tertiary/aromatic N) is 4. The van der Waals surface area contributed by atoms with Gasteiger partial charge in [-0.1, -0.05) is 29.5 Å². The van der Waals surface area contributed by atoms with Crippen LogP contribution >= 0.6 is 11.3 Å². The van der Waals surface area contributed by atoms with Crippen LogP contribution in [0.5, 0.6) is 0 Å². The molecule has 3 aromatic heterocycles. The Morgan fingerprint density at radius 2 is 1.86 bits per heavy atom. The minimum absolute atomic E-state index is 0.140. The smallest absolute Gasteiger partial charge is 0.246 e. The van der Waals surface area contributed by atoms with Crippen LogP contribution in [0.1, 0.15) is 5.56 Å². The monoisotopic (exact) mass is 399 g/mol. The van der Waals surface area contributed by atoms with Crippen LogP contribution in [0.25, 0.3) is 32.6 Å². The number of carbonyl (C=O) groups excluding carboxylic acids is 1. The van der Waals surface area contributed by atoms with Crippen molar-refractivity contribution in [3.05, 3.63) is 72.6 Å².